The third kappa shape index (κ3) is 5.10. The van der Waals surface area contributed by atoms with Gasteiger partial charge in [-0.1, -0.05) is 92.2 Å². The number of carbonyl (C=O) groups excluding carboxylic acids is 2. The summed E-state index contributed by atoms with van der Waals surface area (Å²) in [4.78, 5) is 29.9. The Bertz CT molecular complexity index is 1770. The summed E-state index contributed by atoms with van der Waals surface area (Å²) in [6, 6.07) is 26.1. The number of rotatable bonds is 8. The first-order valence-electron chi connectivity index (χ1n) is 15.6. The fraction of sp³-hybridized carbons (Fsp3) is 0.316. The summed E-state index contributed by atoms with van der Waals surface area (Å²) in [7, 11) is 0. The summed E-state index contributed by atoms with van der Waals surface area (Å²) >= 11 is 1.58. The topological polar surface area (TPSA) is 66.8 Å². The van der Waals surface area contributed by atoms with E-state index in [9.17, 15) is 14.7 Å². The summed E-state index contributed by atoms with van der Waals surface area (Å²) in [5.74, 6) is -0.180. The van der Waals surface area contributed by atoms with Crippen LogP contribution in [-0.4, -0.2) is 34.5 Å². The van der Waals surface area contributed by atoms with Crippen LogP contribution in [0.5, 0.6) is 5.75 Å². The van der Waals surface area contributed by atoms with Gasteiger partial charge in [0.1, 0.15) is 5.75 Å². The molecule has 2 fully saturated rings. The molecule has 3 aliphatic rings. The third-order valence-corrected chi connectivity index (χ3v) is 10.6. The Labute approximate surface area is 262 Å². The van der Waals surface area contributed by atoms with Crippen LogP contribution in [0.25, 0.3) is 22.4 Å². The largest absolute Gasteiger partial charge is 0.507 e. The summed E-state index contributed by atoms with van der Waals surface area (Å²) in [5.41, 5.74) is 5.98. The SMILES string of the molecule is CC(C)C1=C2[C@@H](CC/C(=C/c3ccc(O)c4ccccc34)c3ccccc3)OC[C@@H]2[C@@H]2C(=O)N(Cc3cccs3)C(=O)[C@@H]2C1. The molecule has 0 saturated carbocycles. The van der Waals surface area contributed by atoms with Gasteiger partial charge in [-0.25, -0.2) is 0 Å². The van der Waals surface area contributed by atoms with Crippen LogP contribution in [0.3, 0.4) is 0 Å². The van der Waals surface area contributed by atoms with Gasteiger partial charge in [-0.15, -0.1) is 11.3 Å². The van der Waals surface area contributed by atoms with Crippen LogP contribution in [0, 0.1) is 23.7 Å². The molecule has 1 aliphatic carbocycles. The van der Waals surface area contributed by atoms with E-state index in [1.807, 2.05) is 53.9 Å². The molecule has 5 nitrogen and oxygen atoms in total. The number of aromatic hydroxyl groups is 1. The molecule has 7 rings (SSSR count). The molecule has 224 valence electrons. The number of likely N-dealkylation sites (tertiary alicyclic amines) is 1. The number of ether oxygens (including phenoxy) is 1. The molecule has 0 spiro atoms. The van der Waals surface area contributed by atoms with E-state index >= 15 is 0 Å². The highest BCUT2D eigenvalue weighted by molar-refractivity contribution is 7.09. The number of phenols is 1. The number of thiophene rings is 1. The fourth-order valence-electron chi connectivity index (χ4n) is 7.60. The van der Waals surface area contributed by atoms with E-state index in [-0.39, 0.29) is 47.3 Å². The van der Waals surface area contributed by atoms with Crippen molar-refractivity contribution < 1.29 is 19.4 Å². The number of amides is 2. The van der Waals surface area contributed by atoms with Gasteiger partial charge in [-0.3, -0.25) is 14.5 Å². The van der Waals surface area contributed by atoms with E-state index in [0.717, 1.165) is 39.6 Å². The van der Waals surface area contributed by atoms with Crippen LogP contribution >= 0.6 is 11.3 Å². The second kappa shape index (κ2) is 11.8. The van der Waals surface area contributed by atoms with Crippen molar-refractivity contribution in [2.24, 2.45) is 23.7 Å². The average Bonchev–Trinajstić information content (AvgIpc) is 3.77. The van der Waals surface area contributed by atoms with Crippen molar-refractivity contribution in [3.05, 3.63) is 111 Å². The third-order valence-electron chi connectivity index (χ3n) is 9.71. The highest BCUT2D eigenvalue weighted by atomic mass is 32.1. The molecule has 1 N–H and O–H groups in total. The summed E-state index contributed by atoms with van der Waals surface area (Å²) in [6.45, 7) is 5.25. The van der Waals surface area contributed by atoms with E-state index in [4.69, 9.17) is 4.74 Å². The van der Waals surface area contributed by atoms with Gasteiger partial charge < -0.3 is 9.84 Å². The van der Waals surface area contributed by atoms with E-state index in [2.05, 4.69) is 44.2 Å². The molecule has 44 heavy (non-hydrogen) atoms. The lowest BCUT2D eigenvalue weighted by Crippen LogP contribution is -2.35. The number of fused-ring (bicyclic) bond motifs is 4. The number of hydrogen-bond acceptors (Lipinski definition) is 5. The molecule has 3 heterocycles. The normalized spacial score (nSPS) is 23.6. The van der Waals surface area contributed by atoms with Crippen molar-refractivity contribution in [3.63, 3.8) is 0 Å². The lowest BCUT2D eigenvalue weighted by molar-refractivity contribution is -0.140. The number of hydrogen-bond donors (Lipinski definition) is 1. The van der Waals surface area contributed by atoms with Crippen LogP contribution in [0.4, 0.5) is 0 Å². The molecule has 2 amide bonds. The van der Waals surface area contributed by atoms with E-state index in [1.54, 1.807) is 17.4 Å². The lowest BCUT2D eigenvalue weighted by Gasteiger charge is -2.33. The van der Waals surface area contributed by atoms with Crippen LogP contribution < -0.4 is 0 Å². The zero-order chi connectivity index (χ0) is 30.4. The molecule has 2 saturated heterocycles. The number of allylic oxidation sites excluding steroid dienone is 2. The number of phenolic OH excluding ortho intramolecular Hbond substituents is 1. The number of imide groups is 1. The predicted molar refractivity (Wildman–Crippen MR) is 176 cm³/mol. The lowest BCUT2D eigenvalue weighted by atomic mass is 9.67. The first-order chi connectivity index (χ1) is 21.4. The Hall–Kier alpha value is -4.00. The van der Waals surface area contributed by atoms with Gasteiger partial charge in [0.25, 0.3) is 0 Å². The molecule has 0 unspecified atom stereocenters. The van der Waals surface area contributed by atoms with Crippen LogP contribution in [-0.2, 0) is 20.9 Å². The molecule has 2 aliphatic heterocycles. The summed E-state index contributed by atoms with van der Waals surface area (Å²) < 4.78 is 6.54. The van der Waals surface area contributed by atoms with Gasteiger partial charge >= 0.3 is 0 Å². The molecule has 1 aromatic heterocycles. The van der Waals surface area contributed by atoms with Crippen molar-refractivity contribution in [2.45, 2.75) is 45.8 Å². The number of benzene rings is 3. The monoisotopic (exact) mass is 603 g/mol. The second-order valence-electron chi connectivity index (χ2n) is 12.5. The highest BCUT2D eigenvalue weighted by Crippen LogP contribution is 2.51. The van der Waals surface area contributed by atoms with Gasteiger partial charge in [0.2, 0.25) is 11.8 Å². The first kappa shape index (κ1) is 28.8. The standard InChI is InChI=1S/C38H37NO4S/c1-23(2)30-20-31-36(38(42)39(37(31)41)21-27-11-8-18-44-27)32-22-43-34(35(30)32)17-15-25(24-9-4-3-5-10-24)19-26-14-16-33(40)29-13-7-6-12-28(26)29/h3-14,16,18-19,23,31-32,34,36,40H,15,17,20-22H2,1-2H3/b25-19-/t31-,32+,34-,36-/m1/s1. The van der Waals surface area contributed by atoms with Crippen LogP contribution in [0.1, 0.15) is 49.1 Å². The Kier molecular flexibility index (Phi) is 7.73. The summed E-state index contributed by atoms with van der Waals surface area (Å²) in [6.07, 6.45) is 4.37. The van der Waals surface area contributed by atoms with Crippen molar-refractivity contribution in [2.75, 3.05) is 6.61 Å². The molecule has 0 bridgehead atoms. The minimum Gasteiger partial charge on any atom is -0.507 e. The molecule has 4 atom stereocenters. The molecule has 0 radical (unpaired) electrons. The van der Waals surface area contributed by atoms with Gasteiger partial charge in [0.05, 0.1) is 31.1 Å². The molecule has 3 aromatic carbocycles. The Morgan fingerprint density at radius 2 is 1.73 bits per heavy atom. The fourth-order valence-corrected chi connectivity index (χ4v) is 8.29. The van der Waals surface area contributed by atoms with Crippen molar-refractivity contribution in [3.8, 4) is 5.75 Å². The maximum Gasteiger partial charge on any atom is 0.234 e. The first-order valence-corrected chi connectivity index (χ1v) is 16.5. The van der Waals surface area contributed by atoms with Crippen LogP contribution in [0.15, 0.2) is 95.4 Å². The maximum absolute atomic E-state index is 13.8. The van der Waals surface area contributed by atoms with Gasteiger partial charge in [0, 0.05) is 16.2 Å². The molecule has 4 aromatic rings. The number of carbonyl (C=O) groups is 2. The van der Waals surface area contributed by atoms with E-state index in [1.165, 1.54) is 21.6 Å². The molecule has 6 heteroatoms. The number of nitrogens with zero attached hydrogens (tertiary/aromatic N) is 1. The van der Waals surface area contributed by atoms with E-state index in [0.29, 0.717) is 19.6 Å². The van der Waals surface area contributed by atoms with Crippen LogP contribution in [0.2, 0.25) is 0 Å². The minimum absolute atomic E-state index is 0.0236. The average molecular weight is 604 g/mol. The predicted octanol–water partition coefficient (Wildman–Crippen LogP) is 8.10. The van der Waals surface area contributed by atoms with E-state index < -0.39 is 0 Å². The van der Waals surface area contributed by atoms with Crippen molar-refractivity contribution in [1.29, 1.82) is 0 Å². The van der Waals surface area contributed by atoms with Crippen molar-refractivity contribution in [1.82, 2.24) is 4.90 Å². The molecular formula is C38H37NO4S. The zero-order valence-corrected chi connectivity index (χ0v) is 25.9. The van der Waals surface area contributed by atoms with Gasteiger partial charge in [0.15, 0.2) is 0 Å². The zero-order valence-electron chi connectivity index (χ0n) is 25.1. The maximum atomic E-state index is 13.8. The smallest absolute Gasteiger partial charge is 0.234 e. The Balaban J connectivity index is 1.19. The van der Waals surface area contributed by atoms with Gasteiger partial charge in [-0.05, 0) is 70.4 Å². The molecular weight excluding hydrogens is 566 g/mol. The Morgan fingerprint density at radius 1 is 0.955 bits per heavy atom. The summed E-state index contributed by atoms with van der Waals surface area (Å²) in [5, 5.41) is 14.3. The minimum atomic E-state index is -0.336. The highest BCUT2D eigenvalue weighted by Gasteiger charge is 2.57. The van der Waals surface area contributed by atoms with Crippen molar-refractivity contribution >= 4 is 45.6 Å². The van der Waals surface area contributed by atoms with Gasteiger partial charge in [-0.2, -0.15) is 0 Å². The Morgan fingerprint density at radius 3 is 2.48 bits per heavy atom. The quantitative estimate of drug-likeness (QED) is 0.126. The second-order valence-corrected chi connectivity index (χ2v) is 13.6.